The Morgan fingerprint density at radius 1 is 1.32 bits per heavy atom. The molecule has 2 aliphatic rings. The van der Waals surface area contributed by atoms with E-state index in [1.165, 1.54) is 4.88 Å². The van der Waals surface area contributed by atoms with Gasteiger partial charge in [0.1, 0.15) is 22.8 Å². The summed E-state index contributed by atoms with van der Waals surface area (Å²) in [6.45, 7) is 4.47. The van der Waals surface area contributed by atoms with Crippen molar-refractivity contribution < 1.29 is 14.3 Å². The monoisotopic (exact) mass is 484 g/mol. The molecule has 180 valence electrons. The molecule has 1 atom stereocenters. The first kappa shape index (κ1) is 22.5. The highest BCUT2D eigenvalue weighted by Crippen LogP contribution is 2.38. The first-order valence-corrected chi connectivity index (χ1v) is 12.2. The molecule has 0 unspecified atom stereocenters. The van der Waals surface area contributed by atoms with Crippen LogP contribution in [0.15, 0.2) is 12.4 Å². The van der Waals surface area contributed by atoms with E-state index in [-0.39, 0.29) is 11.9 Å². The summed E-state index contributed by atoms with van der Waals surface area (Å²) in [7, 11) is 0. The van der Waals surface area contributed by atoms with Gasteiger partial charge < -0.3 is 31.2 Å². The molecular formula is C22H28N8O3S. The Bertz CT molecular complexity index is 1220. The van der Waals surface area contributed by atoms with Crippen LogP contribution in [0.3, 0.4) is 0 Å². The minimum atomic E-state index is -0.730. The van der Waals surface area contributed by atoms with Gasteiger partial charge in [-0.1, -0.05) is 6.92 Å². The number of nitrogens with two attached hydrogens (primary N) is 2. The zero-order chi connectivity index (χ0) is 23.7. The van der Waals surface area contributed by atoms with Crippen molar-refractivity contribution in [3.63, 3.8) is 0 Å². The van der Waals surface area contributed by atoms with Crippen molar-refractivity contribution in [2.45, 2.75) is 38.2 Å². The topological polar surface area (TPSA) is 154 Å². The maximum absolute atomic E-state index is 13.0. The van der Waals surface area contributed by atoms with Gasteiger partial charge in [0, 0.05) is 30.8 Å². The van der Waals surface area contributed by atoms with Gasteiger partial charge in [-0.3, -0.25) is 4.79 Å². The predicted molar refractivity (Wildman–Crippen MR) is 130 cm³/mol. The third kappa shape index (κ3) is 4.42. The number of aromatic nitrogens is 4. The number of anilines is 3. The van der Waals surface area contributed by atoms with Crippen molar-refractivity contribution in [2.24, 2.45) is 0 Å². The Morgan fingerprint density at radius 2 is 2.21 bits per heavy atom. The number of rotatable bonds is 6. The third-order valence-electron chi connectivity index (χ3n) is 6.12. The number of hydrogen-bond donors (Lipinski definition) is 3. The number of fused-ring (bicyclic) bond motifs is 2. The second-order valence-corrected chi connectivity index (χ2v) is 9.73. The number of hydrogen-bond acceptors (Lipinski definition) is 11. The van der Waals surface area contributed by atoms with E-state index in [1.54, 1.807) is 22.6 Å². The van der Waals surface area contributed by atoms with Crippen molar-refractivity contribution in [3.05, 3.63) is 22.8 Å². The maximum atomic E-state index is 13.0. The summed E-state index contributed by atoms with van der Waals surface area (Å²) < 4.78 is 11.9. The Balaban J connectivity index is 1.18. The lowest BCUT2D eigenvalue weighted by Crippen LogP contribution is -2.49. The maximum Gasteiger partial charge on any atom is 0.225 e. The molecule has 0 bridgehead atoms. The Labute approximate surface area is 200 Å². The molecule has 3 aromatic rings. The number of ether oxygens (including phenoxy) is 2. The smallest absolute Gasteiger partial charge is 0.225 e. The molecule has 1 saturated heterocycles. The number of thiophene rings is 1. The Morgan fingerprint density at radius 3 is 3.06 bits per heavy atom. The van der Waals surface area contributed by atoms with E-state index in [9.17, 15) is 4.79 Å². The highest BCUT2D eigenvalue weighted by molar-refractivity contribution is 7.18. The number of amides is 1. The van der Waals surface area contributed by atoms with Gasteiger partial charge in [-0.05, 0) is 18.9 Å². The second kappa shape index (κ2) is 9.18. The van der Waals surface area contributed by atoms with Crippen LogP contribution < -0.4 is 21.5 Å². The predicted octanol–water partition coefficient (Wildman–Crippen LogP) is 1.63. The lowest BCUT2D eigenvalue weighted by Gasteiger charge is -2.31. The van der Waals surface area contributed by atoms with E-state index in [4.69, 9.17) is 20.9 Å². The van der Waals surface area contributed by atoms with Gasteiger partial charge in [0.05, 0.1) is 30.7 Å². The average Bonchev–Trinajstić information content (AvgIpc) is 3.33. The fourth-order valence-electron chi connectivity index (χ4n) is 4.42. The first-order valence-electron chi connectivity index (χ1n) is 11.4. The Hall–Kier alpha value is -3.25. The van der Waals surface area contributed by atoms with E-state index in [0.717, 1.165) is 22.5 Å². The fraction of sp³-hybridized carbons (Fsp3) is 0.500. The minimum absolute atomic E-state index is 0.0569. The van der Waals surface area contributed by atoms with Crippen LogP contribution in [-0.2, 0) is 22.4 Å². The molecule has 34 heavy (non-hydrogen) atoms. The molecule has 0 aliphatic carbocycles. The zero-order valence-electron chi connectivity index (χ0n) is 19.0. The lowest BCUT2D eigenvalue weighted by molar-refractivity contribution is -0.133. The lowest BCUT2D eigenvalue weighted by atomic mass is 9.97. The number of nitrogen functional groups attached to an aromatic ring is 2. The average molecular weight is 485 g/mol. The van der Waals surface area contributed by atoms with Gasteiger partial charge in [-0.25, -0.2) is 9.97 Å². The second-order valence-electron chi connectivity index (χ2n) is 8.62. The van der Waals surface area contributed by atoms with Crippen LogP contribution in [0.2, 0.25) is 0 Å². The summed E-state index contributed by atoms with van der Waals surface area (Å²) in [6.07, 6.45) is 4.10. The molecule has 1 fully saturated rings. The van der Waals surface area contributed by atoms with E-state index >= 15 is 0 Å². The van der Waals surface area contributed by atoms with Gasteiger partial charge in [0.25, 0.3) is 0 Å². The largest absolute Gasteiger partial charge is 0.466 e. The molecule has 5 N–H and O–H groups in total. The van der Waals surface area contributed by atoms with Crippen molar-refractivity contribution in [1.29, 1.82) is 0 Å². The van der Waals surface area contributed by atoms with Crippen molar-refractivity contribution in [1.82, 2.24) is 24.8 Å². The van der Waals surface area contributed by atoms with Gasteiger partial charge in [0.2, 0.25) is 17.7 Å². The van der Waals surface area contributed by atoms with Crippen LogP contribution in [0.5, 0.6) is 5.88 Å². The van der Waals surface area contributed by atoms with Crippen molar-refractivity contribution >= 4 is 45.0 Å². The fourth-order valence-corrected chi connectivity index (χ4v) is 5.36. The van der Waals surface area contributed by atoms with Crippen LogP contribution in [0.4, 0.5) is 17.6 Å². The molecular weight excluding hydrogens is 456 g/mol. The summed E-state index contributed by atoms with van der Waals surface area (Å²) in [6, 6.07) is 2.13. The molecule has 0 radical (unpaired) electrons. The molecule has 1 amide bonds. The number of nitrogens with one attached hydrogen (secondary N) is 1. The SMILES string of the molecule is CCc1cc2c(NCCCC(=O)N3CCOC[C@@]4(Cc5c(N)nc(N)nc5O4)C3)ncnc2s1. The third-order valence-corrected chi connectivity index (χ3v) is 7.31. The first-order chi connectivity index (χ1) is 16.5. The van der Waals surface area contributed by atoms with Gasteiger partial charge in [0.15, 0.2) is 5.60 Å². The zero-order valence-corrected chi connectivity index (χ0v) is 19.9. The van der Waals surface area contributed by atoms with E-state index in [0.29, 0.717) is 69.4 Å². The molecule has 5 heterocycles. The minimum Gasteiger partial charge on any atom is -0.466 e. The Kier molecular flexibility index (Phi) is 6.09. The molecule has 0 saturated carbocycles. The molecule has 3 aromatic heterocycles. The van der Waals surface area contributed by atoms with Crippen LogP contribution in [-0.4, -0.2) is 69.2 Å². The number of nitrogens with zero attached hydrogens (tertiary/aromatic N) is 5. The van der Waals surface area contributed by atoms with E-state index in [1.807, 2.05) is 0 Å². The summed E-state index contributed by atoms with van der Waals surface area (Å²) in [5, 5.41) is 4.39. The quantitative estimate of drug-likeness (QED) is 0.440. The molecule has 2 aliphatic heterocycles. The summed E-state index contributed by atoms with van der Waals surface area (Å²) in [5.74, 6) is 1.62. The van der Waals surface area contributed by atoms with E-state index in [2.05, 4.69) is 38.2 Å². The van der Waals surface area contributed by atoms with Gasteiger partial charge in [-0.2, -0.15) is 9.97 Å². The summed E-state index contributed by atoms with van der Waals surface area (Å²) in [4.78, 5) is 34.0. The van der Waals surface area contributed by atoms with Crippen LogP contribution in [0, 0.1) is 0 Å². The van der Waals surface area contributed by atoms with Crippen LogP contribution in [0.1, 0.15) is 30.2 Å². The van der Waals surface area contributed by atoms with E-state index < -0.39 is 5.60 Å². The van der Waals surface area contributed by atoms with Crippen molar-refractivity contribution in [2.75, 3.05) is 49.6 Å². The van der Waals surface area contributed by atoms with Gasteiger partial charge >= 0.3 is 0 Å². The summed E-state index contributed by atoms with van der Waals surface area (Å²) in [5.41, 5.74) is 11.7. The number of aryl methyl sites for hydroxylation is 1. The van der Waals surface area contributed by atoms with Crippen LogP contribution >= 0.6 is 11.3 Å². The van der Waals surface area contributed by atoms with Crippen LogP contribution in [0.25, 0.3) is 10.2 Å². The summed E-state index contributed by atoms with van der Waals surface area (Å²) >= 11 is 1.68. The number of carbonyl (C=O) groups excluding carboxylic acids is 1. The molecule has 1 spiro atoms. The normalized spacial score (nSPS) is 19.7. The molecule has 11 nitrogen and oxygen atoms in total. The number of carbonyl (C=O) groups is 1. The molecule has 12 heteroatoms. The molecule has 0 aromatic carbocycles. The molecule has 5 rings (SSSR count). The standard InChI is InChI=1S/C22H28N8O3S/c1-2-13-8-14-18(26-12-27-20(14)34-13)25-5-3-4-16(31)30-6-7-32-11-22(10-30)9-15-17(23)28-21(24)29-19(15)33-22/h8,12H,2-7,9-11H2,1H3,(H,25,26,27)(H4,23,24,28,29)/t22-/m1/s1. The highest BCUT2D eigenvalue weighted by Gasteiger charge is 2.45. The highest BCUT2D eigenvalue weighted by atomic mass is 32.1. The van der Waals surface area contributed by atoms with Gasteiger partial charge in [-0.15, -0.1) is 11.3 Å². The van der Waals surface area contributed by atoms with Crippen molar-refractivity contribution in [3.8, 4) is 5.88 Å².